The number of aryl methyl sites for hydroxylation is 1. The van der Waals surface area contributed by atoms with Gasteiger partial charge in [0.1, 0.15) is 11.5 Å². The Labute approximate surface area is 84.3 Å². The van der Waals surface area contributed by atoms with Crippen LogP contribution in [0.5, 0.6) is 0 Å². The van der Waals surface area contributed by atoms with Crippen LogP contribution in [0.25, 0.3) is 0 Å². The molecule has 2 unspecified atom stereocenters. The molecule has 1 aliphatic carbocycles. The Bertz CT molecular complexity index is 338. The summed E-state index contributed by atoms with van der Waals surface area (Å²) in [6.07, 6.45) is 4.18. The van der Waals surface area contributed by atoms with Crippen LogP contribution in [0.4, 0.5) is 0 Å². The first-order valence-electron chi connectivity index (χ1n) is 5.23. The first-order valence-corrected chi connectivity index (χ1v) is 5.23. The smallest absolute Gasteiger partial charge is 0.133 e. The highest BCUT2D eigenvalue weighted by molar-refractivity contribution is 5.80. The summed E-state index contributed by atoms with van der Waals surface area (Å²) in [4.78, 5) is 11.4. The van der Waals surface area contributed by atoms with Crippen molar-refractivity contribution in [3.63, 3.8) is 0 Å². The number of ketones is 1. The van der Waals surface area contributed by atoms with Gasteiger partial charge in [-0.1, -0.05) is 6.92 Å². The molecule has 0 N–H and O–H groups in total. The highest BCUT2D eigenvalue weighted by Gasteiger charge is 2.29. The van der Waals surface area contributed by atoms with Gasteiger partial charge in [-0.2, -0.15) is 0 Å². The van der Waals surface area contributed by atoms with E-state index in [1.165, 1.54) is 0 Å². The average Bonchev–Trinajstić information content (AvgIpc) is 2.56. The van der Waals surface area contributed by atoms with E-state index in [1.807, 2.05) is 6.92 Å². The Kier molecular flexibility index (Phi) is 2.44. The normalized spacial score (nSPS) is 28.0. The van der Waals surface area contributed by atoms with E-state index in [-0.39, 0.29) is 0 Å². The predicted molar refractivity (Wildman–Crippen MR) is 54.2 cm³/mol. The van der Waals surface area contributed by atoms with Gasteiger partial charge in [-0.3, -0.25) is 4.79 Å². The molecule has 0 saturated heterocycles. The van der Waals surface area contributed by atoms with Crippen molar-refractivity contribution >= 4 is 5.78 Å². The Balaban J connectivity index is 2.19. The molecule has 1 fully saturated rings. The van der Waals surface area contributed by atoms with E-state index in [2.05, 4.69) is 13.0 Å². The predicted octanol–water partition coefficient (Wildman–Crippen LogP) is 3.06. The minimum Gasteiger partial charge on any atom is -0.469 e. The zero-order valence-electron chi connectivity index (χ0n) is 8.75. The number of hydrogen-bond acceptors (Lipinski definition) is 2. The van der Waals surface area contributed by atoms with Crippen LogP contribution < -0.4 is 0 Å². The van der Waals surface area contributed by atoms with Crippen molar-refractivity contribution in [1.82, 2.24) is 0 Å². The van der Waals surface area contributed by atoms with Crippen LogP contribution in [0.1, 0.15) is 43.4 Å². The minimum atomic E-state index is 0.310. The average molecular weight is 192 g/mol. The second-order valence-corrected chi connectivity index (χ2v) is 4.39. The third-order valence-corrected chi connectivity index (χ3v) is 3.13. The molecular formula is C12H16O2. The maximum Gasteiger partial charge on any atom is 0.133 e. The molecule has 76 valence electrons. The van der Waals surface area contributed by atoms with E-state index in [4.69, 9.17) is 4.42 Å². The lowest BCUT2D eigenvalue weighted by atomic mass is 9.78. The van der Waals surface area contributed by atoms with Crippen molar-refractivity contribution in [3.05, 3.63) is 23.7 Å². The van der Waals surface area contributed by atoms with Gasteiger partial charge in [0.2, 0.25) is 0 Å². The lowest BCUT2D eigenvalue weighted by Crippen LogP contribution is -2.20. The monoisotopic (exact) mass is 192 g/mol. The van der Waals surface area contributed by atoms with Crippen molar-refractivity contribution in [3.8, 4) is 0 Å². The van der Waals surface area contributed by atoms with E-state index in [9.17, 15) is 4.79 Å². The van der Waals surface area contributed by atoms with Crippen LogP contribution in [0.15, 0.2) is 16.7 Å². The number of furan rings is 1. The second-order valence-electron chi connectivity index (χ2n) is 4.39. The number of hydrogen-bond donors (Lipinski definition) is 0. The summed E-state index contributed by atoms with van der Waals surface area (Å²) in [6.45, 7) is 4.22. The maximum absolute atomic E-state index is 11.4. The summed E-state index contributed by atoms with van der Waals surface area (Å²) in [5.41, 5.74) is 1.14. The van der Waals surface area contributed by atoms with Gasteiger partial charge in [-0.15, -0.1) is 0 Å². The van der Waals surface area contributed by atoms with E-state index < -0.39 is 0 Å². The van der Waals surface area contributed by atoms with Crippen molar-refractivity contribution in [2.45, 2.75) is 39.0 Å². The quantitative estimate of drug-likeness (QED) is 0.684. The van der Waals surface area contributed by atoms with Crippen LogP contribution in [0.3, 0.4) is 0 Å². The standard InChI is InChI=1S/C12H16O2/c1-8-5-12(14-7-8)11-6-10(13)4-3-9(11)2/h5,7,9,11H,3-4,6H2,1-2H3. The summed E-state index contributed by atoms with van der Waals surface area (Å²) in [7, 11) is 0. The highest BCUT2D eigenvalue weighted by atomic mass is 16.3. The fraction of sp³-hybridized carbons (Fsp3) is 0.583. The topological polar surface area (TPSA) is 30.2 Å². The van der Waals surface area contributed by atoms with E-state index in [0.717, 1.165) is 24.2 Å². The summed E-state index contributed by atoms with van der Waals surface area (Å²) in [5, 5.41) is 0. The van der Waals surface area contributed by atoms with Crippen LogP contribution in [-0.4, -0.2) is 5.78 Å². The molecule has 2 rings (SSSR count). The largest absolute Gasteiger partial charge is 0.469 e. The molecule has 0 bridgehead atoms. The number of rotatable bonds is 1. The second kappa shape index (κ2) is 3.60. The lowest BCUT2D eigenvalue weighted by Gasteiger charge is -2.25. The summed E-state index contributed by atoms with van der Waals surface area (Å²) in [5.74, 6) is 2.24. The third kappa shape index (κ3) is 1.74. The van der Waals surface area contributed by atoms with Gasteiger partial charge >= 0.3 is 0 Å². The molecule has 0 aliphatic heterocycles. The number of carbonyl (C=O) groups excluding carboxylic acids is 1. The van der Waals surface area contributed by atoms with Crippen LogP contribution in [0.2, 0.25) is 0 Å². The van der Waals surface area contributed by atoms with E-state index in [1.54, 1.807) is 6.26 Å². The maximum atomic E-state index is 11.4. The molecule has 0 radical (unpaired) electrons. The van der Waals surface area contributed by atoms with E-state index in [0.29, 0.717) is 24.0 Å². The minimum absolute atomic E-state index is 0.310. The van der Waals surface area contributed by atoms with Crippen LogP contribution in [0, 0.1) is 12.8 Å². The van der Waals surface area contributed by atoms with Gasteiger partial charge in [-0.05, 0) is 30.9 Å². The lowest BCUT2D eigenvalue weighted by molar-refractivity contribution is -0.121. The molecule has 1 aromatic rings. The molecule has 1 saturated carbocycles. The summed E-state index contributed by atoms with van der Waals surface area (Å²) in [6, 6.07) is 2.06. The van der Waals surface area contributed by atoms with Gasteiger partial charge < -0.3 is 4.42 Å². The number of Topliss-reactive ketones (excluding diaryl/α,β-unsaturated/α-hetero) is 1. The SMILES string of the molecule is Cc1coc(C2CC(=O)CCC2C)c1. The fourth-order valence-electron chi connectivity index (χ4n) is 2.17. The fourth-order valence-corrected chi connectivity index (χ4v) is 2.17. The Morgan fingerprint density at radius 1 is 1.50 bits per heavy atom. The first-order chi connectivity index (χ1) is 6.66. The Morgan fingerprint density at radius 2 is 2.29 bits per heavy atom. The van der Waals surface area contributed by atoms with E-state index >= 15 is 0 Å². The number of carbonyl (C=O) groups is 1. The van der Waals surface area contributed by atoms with Crippen LogP contribution in [-0.2, 0) is 4.79 Å². The molecule has 1 heterocycles. The summed E-state index contributed by atoms with van der Waals surface area (Å²) < 4.78 is 5.47. The highest BCUT2D eigenvalue weighted by Crippen LogP contribution is 2.36. The van der Waals surface area contributed by atoms with Crippen molar-refractivity contribution in [2.75, 3.05) is 0 Å². The molecule has 2 atom stereocenters. The molecule has 0 amide bonds. The first kappa shape index (κ1) is 9.50. The zero-order chi connectivity index (χ0) is 10.1. The molecule has 0 aromatic carbocycles. The summed E-state index contributed by atoms with van der Waals surface area (Å²) >= 11 is 0. The van der Waals surface area contributed by atoms with Gasteiger partial charge in [-0.25, -0.2) is 0 Å². The van der Waals surface area contributed by atoms with Gasteiger partial charge in [0.05, 0.1) is 6.26 Å². The molecule has 0 spiro atoms. The van der Waals surface area contributed by atoms with Gasteiger partial charge in [0.25, 0.3) is 0 Å². The van der Waals surface area contributed by atoms with Crippen molar-refractivity contribution < 1.29 is 9.21 Å². The molecule has 14 heavy (non-hydrogen) atoms. The third-order valence-electron chi connectivity index (χ3n) is 3.13. The van der Waals surface area contributed by atoms with Crippen molar-refractivity contribution in [1.29, 1.82) is 0 Å². The molecule has 1 aromatic heterocycles. The van der Waals surface area contributed by atoms with Crippen LogP contribution >= 0.6 is 0 Å². The zero-order valence-corrected chi connectivity index (χ0v) is 8.75. The Hall–Kier alpha value is -1.05. The van der Waals surface area contributed by atoms with Gasteiger partial charge in [0, 0.05) is 18.8 Å². The molecule has 1 aliphatic rings. The van der Waals surface area contributed by atoms with Crippen molar-refractivity contribution in [2.24, 2.45) is 5.92 Å². The molecule has 2 heteroatoms. The molecular weight excluding hydrogens is 176 g/mol. The van der Waals surface area contributed by atoms with Gasteiger partial charge in [0.15, 0.2) is 0 Å². The molecule has 2 nitrogen and oxygen atoms in total. The Morgan fingerprint density at radius 3 is 2.93 bits per heavy atom.